The van der Waals surface area contributed by atoms with E-state index in [9.17, 15) is 18.0 Å². The van der Waals surface area contributed by atoms with Crippen LogP contribution in [0.4, 0.5) is 18.9 Å². The van der Waals surface area contributed by atoms with Crippen LogP contribution in [0.2, 0.25) is 0 Å². The van der Waals surface area contributed by atoms with Gasteiger partial charge in [0.25, 0.3) is 5.91 Å². The fourth-order valence-electron chi connectivity index (χ4n) is 2.38. The van der Waals surface area contributed by atoms with Crippen LogP contribution in [0.3, 0.4) is 0 Å². The number of carbonyl (C=O) groups is 1. The highest BCUT2D eigenvalue weighted by Gasteiger charge is 2.30. The van der Waals surface area contributed by atoms with Gasteiger partial charge in [-0.3, -0.25) is 10.2 Å². The van der Waals surface area contributed by atoms with Crippen molar-refractivity contribution >= 4 is 22.6 Å². The van der Waals surface area contributed by atoms with E-state index < -0.39 is 23.2 Å². The summed E-state index contributed by atoms with van der Waals surface area (Å²) < 4.78 is 48.7. The van der Waals surface area contributed by atoms with Crippen molar-refractivity contribution in [2.24, 2.45) is 0 Å². The largest absolute Gasteiger partial charge is 0.497 e. The third-order valence-electron chi connectivity index (χ3n) is 3.67. The van der Waals surface area contributed by atoms with Crippen LogP contribution in [-0.4, -0.2) is 13.0 Å². The molecule has 0 aliphatic rings. The molecule has 0 aliphatic carbocycles. The minimum Gasteiger partial charge on any atom is -0.497 e. The van der Waals surface area contributed by atoms with Gasteiger partial charge in [-0.05, 0) is 36.4 Å². The zero-order chi connectivity index (χ0) is 18.9. The van der Waals surface area contributed by atoms with Crippen LogP contribution < -0.4 is 15.6 Å². The Labute approximate surface area is 145 Å². The minimum absolute atomic E-state index is 0.0287. The number of carbonyl (C=O) groups excluding carboxylic acids is 1. The Bertz CT molecular complexity index is 1040. The zero-order valence-electron chi connectivity index (χ0n) is 13.5. The molecular formula is C18H13F3N2O3. The molecular weight excluding hydrogens is 349 g/mol. The number of hydrogen-bond donors (Lipinski definition) is 2. The highest BCUT2D eigenvalue weighted by molar-refractivity contribution is 6.05. The normalized spacial score (nSPS) is 11.4. The molecule has 0 fully saturated rings. The summed E-state index contributed by atoms with van der Waals surface area (Å²) in [6.45, 7) is 0. The summed E-state index contributed by atoms with van der Waals surface area (Å²) in [6.07, 6.45) is -4.52. The molecule has 0 spiro atoms. The lowest BCUT2D eigenvalue weighted by Crippen LogP contribution is -2.21. The molecule has 2 aromatic carbocycles. The minimum atomic E-state index is -4.52. The number of nitrogens with one attached hydrogen (secondary N) is 2. The topological polar surface area (TPSA) is 75.3 Å². The maximum atomic E-state index is 12.8. The number of methoxy groups -OCH3 is 1. The summed E-state index contributed by atoms with van der Waals surface area (Å²) >= 11 is 0. The van der Waals surface area contributed by atoms with E-state index in [2.05, 4.69) is 5.32 Å². The summed E-state index contributed by atoms with van der Waals surface area (Å²) in [5.41, 5.74) is -1.06. The van der Waals surface area contributed by atoms with Crippen LogP contribution in [0.1, 0.15) is 15.9 Å². The Balaban J connectivity index is 1.93. The quantitative estimate of drug-likeness (QED) is 0.734. The molecule has 8 heteroatoms. The average Bonchev–Trinajstić information content (AvgIpc) is 2.60. The molecule has 26 heavy (non-hydrogen) atoms. The van der Waals surface area contributed by atoms with Gasteiger partial charge in [0.15, 0.2) is 0 Å². The zero-order valence-corrected chi connectivity index (χ0v) is 13.5. The van der Waals surface area contributed by atoms with Gasteiger partial charge < -0.3 is 14.5 Å². The Morgan fingerprint density at radius 1 is 1.15 bits per heavy atom. The third kappa shape index (κ3) is 3.53. The van der Waals surface area contributed by atoms with E-state index in [1.54, 1.807) is 18.2 Å². The predicted octanol–water partition coefficient (Wildman–Crippen LogP) is 4.19. The smallest absolute Gasteiger partial charge is 0.416 e. The SMILES string of the molecule is COc1ccc2cc(C(=O)Nc3cccc(C(F)(F)F)c3)c(=N)oc2c1. The van der Waals surface area contributed by atoms with Crippen molar-refractivity contribution < 1.29 is 27.1 Å². The first-order chi connectivity index (χ1) is 12.3. The van der Waals surface area contributed by atoms with Crippen molar-refractivity contribution in [1.82, 2.24) is 0 Å². The van der Waals surface area contributed by atoms with E-state index >= 15 is 0 Å². The first kappa shape index (κ1) is 17.5. The lowest BCUT2D eigenvalue weighted by atomic mass is 10.1. The second-order valence-electron chi connectivity index (χ2n) is 5.43. The van der Waals surface area contributed by atoms with Crippen molar-refractivity contribution in [1.29, 1.82) is 5.41 Å². The van der Waals surface area contributed by atoms with Crippen LogP contribution in [0.5, 0.6) is 5.75 Å². The first-order valence-corrected chi connectivity index (χ1v) is 7.43. The fourth-order valence-corrected chi connectivity index (χ4v) is 2.38. The standard InChI is InChI=1S/C18H13F3N2O3/c1-25-13-6-5-10-7-14(16(22)26-15(10)9-13)17(24)23-12-4-2-3-11(8-12)18(19,20)21/h2-9,22H,1H3,(H,23,24). The van der Waals surface area contributed by atoms with E-state index in [4.69, 9.17) is 14.6 Å². The summed E-state index contributed by atoms with van der Waals surface area (Å²) in [6, 6.07) is 10.6. The third-order valence-corrected chi connectivity index (χ3v) is 3.67. The van der Waals surface area contributed by atoms with Crippen LogP contribution in [-0.2, 0) is 6.18 Å². The molecule has 134 valence electrons. The monoisotopic (exact) mass is 362 g/mol. The molecule has 0 bridgehead atoms. The molecule has 3 rings (SSSR count). The lowest BCUT2D eigenvalue weighted by Gasteiger charge is -2.10. The van der Waals surface area contributed by atoms with Gasteiger partial charge in [0.05, 0.1) is 12.7 Å². The molecule has 5 nitrogen and oxygen atoms in total. The van der Waals surface area contributed by atoms with E-state index in [1.807, 2.05) is 0 Å². The number of hydrogen-bond acceptors (Lipinski definition) is 4. The fraction of sp³-hybridized carbons (Fsp3) is 0.111. The molecule has 0 saturated heterocycles. The van der Waals surface area contributed by atoms with Gasteiger partial charge in [-0.25, -0.2) is 0 Å². The van der Waals surface area contributed by atoms with Crippen molar-refractivity contribution in [3.05, 3.63) is 65.2 Å². The number of anilines is 1. The van der Waals surface area contributed by atoms with Gasteiger partial charge in [0, 0.05) is 17.1 Å². The Morgan fingerprint density at radius 2 is 1.92 bits per heavy atom. The summed E-state index contributed by atoms with van der Waals surface area (Å²) in [5, 5.41) is 10.8. The number of halogens is 3. The van der Waals surface area contributed by atoms with Gasteiger partial charge in [-0.1, -0.05) is 6.07 Å². The number of ether oxygens (including phenoxy) is 1. The van der Waals surface area contributed by atoms with E-state index in [0.717, 1.165) is 12.1 Å². The second-order valence-corrected chi connectivity index (χ2v) is 5.43. The van der Waals surface area contributed by atoms with E-state index in [-0.39, 0.29) is 11.3 Å². The van der Waals surface area contributed by atoms with E-state index in [0.29, 0.717) is 16.7 Å². The Morgan fingerprint density at radius 3 is 2.62 bits per heavy atom. The average molecular weight is 362 g/mol. The highest BCUT2D eigenvalue weighted by Crippen LogP contribution is 2.30. The van der Waals surface area contributed by atoms with Crippen LogP contribution in [0.25, 0.3) is 11.0 Å². The van der Waals surface area contributed by atoms with E-state index in [1.165, 1.54) is 25.3 Å². The van der Waals surface area contributed by atoms with Crippen molar-refractivity contribution in [3.63, 3.8) is 0 Å². The van der Waals surface area contributed by atoms with Gasteiger partial charge in [0.1, 0.15) is 16.9 Å². The maximum Gasteiger partial charge on any atom is 0.416 e. The summed E-state index contributed by atoms with van der Waals surface area (Å²) in [7, 11) is 1.49. The summed E-state index contributed by atoms with van der Waals surface area (Å²) in [4.78, 5) is 12.4. The van der Waals surface area contributed by atoms with Crippen molar-refractivity contribution in [2.45, 2.75) is 6.18 Å². The molecule has 3 aromatic rings. The molecule has 0 radical (unpaired) electrons. The number of amides is 1. The van der Waals surface area contributed by atoms with Crippen LogP contribution in [0.15, 0.2) is 52.9 Å². The number of benzene rings is 2. The molecule has 0 unspecified atom stereocenters. The molecule has 0 saturated carbocycles. The molecule has 1 heterocycles. The van der Waals surface area contributed by atoms with Gasteiger partial charge in [0.2, 0.25) is 5.55 Å². The van der Waals surface area contributed by atoms with Gasteiger partial charge in [-0.15, -0.1) is 0 Å². The Hall–Kier alpha value is -3.29. The van der Waals surface area contributed by atoms with Crippen LogP contribution in [0, 0.1) is 5.41 Å². The van der Waals surface area contributed by atoms with Gasteiger partial charge >= 0.3 is 6.18 Å². The molecule has 1 amide bonds. The first-order valence-electron chi connectivity index (χ1n) is 7.43. The number of alkyl halides is 3. The Kier molecular flexibility index (Phi) is 4.41. The molecule has 0 atom stereocenters. The van der Waals surface area contributed by atoms with Crippen molar-refractivity contribution in [3.8, 4) is 5.75 Å². The summed E-state index contributed by atoms with van der Waals surface area (Å²) in [5.74, 6) is -0.211. The second kappa shape index (κ2) is 6.55. The molecule has 2 N–H and O–H groups in total. The van der Waals surface area contributed by atoms with Crippen LogP contribution >= 0.6 is 0 Å². The predicted molar refractivity (Wildman–Crippen MR) is 88.0 cm³/mol. The highest BCUT2D eigenvalue weighted by atomic mass is 19.4. The molecule has 1 aromatic heterocycles. The lowest BCUT2D eigenvalue weighted by molar-refractivity contribution is -0.137. The van der Waals surface area contributed by atoms with Crippen molar-refractivity contribution in [2.75, 3.05) is 12.4 Å². The number of fused-ring (bicyclic) bond motifs is 1. The van der Waals surface area contributed by atoms with Gasteiger partial charge in [-0.2, -0.15) is 13.2 Å². The maximum absolute atomic E-state index is 12.8. The molecule has 0 aliphatic heterocycles. The number of rotatable bonds is 3.